The average molecular weight is 248 g/mol. The van der Waals surface area contributed by atoms with Crippen molar-refractivity contribution in [2.24, 2.45) is 0 Å². The van der Waals surface area contributed by atoms with Crippen molar-refractivity contribution in [1.82, 2.24) is 4.98 Å². The van der Waals surface area contributed by atoms with E-state index in [4.69, 9.17) is 5.11 Å². The summed E-state index contributed by atoms with van der Waals surface area (Å²) in [7, 11) is 0. The van der Waals surface area contributed by atoms with Crippen molar-refractivity contribution in [1.29, 1.82) is 0 Å². The molecule has 0 aliphatic rings. The molecule has 0 radical (unpaired) electrons. The molecule has 2 rings (SSSR count). The molecule has 2 aromatic rings. The topological polar surface area (TPSA) is 62.2 Å². The molecule has 2 heterocycles. The van der Waals surface area contributed by atoms with Gasteiger partial charge in [0.15, 0.2) is 0 Å². The average Bonchev–Trinajstić information content (AvgIpc) is 2.72. The number of hydrogen-bond donors (Lipinski definition) is 2. The van der Waals surface area contributed by atoms with Crippen LogP contribution in [0.5, 0.6) is 0 Å². The molecule has 2 N–H and O–H groups in total. The Labute approximate surface area is 103 Å². The standard InChI is InChI=1S/C12H12N2O2S/c1-8-6-17-7-9(8)4-14-11-2-3-13-5-10(11)12(15)16/h2-3,5-7H,4H2,1H3,(H,13,14)(H,15,16). The van der Waals surface area contributed by atoms with Gasteiger partial charge >= 0.3 is 5.97 Å². The van der Waals surface area contributed by atoms with Gasteiger partial charge in [0.1, 0.15) is 5.56 Å². The van der Waals surface area contributed by atoms with Crippen LogP contribution in [-0.4, -0.2) is 16.1 Å². The first kappa shape index (κ1) is 11.6. The van der Waals surface area contributed by atoms with Gasteiger partial charge < -0.3 is 10.4 Å². The van der Waals surface area contributed by atoms with E-state index in [2.05, 4.69) is 21.1 Å². The van der Waals surface area contributed by atoms with Crippen LogP contribution >= 0.6 is 11.3 Å². The highest BCUT2D eigenvalue weighted by Crippen LogP contribution is 2.18. The number of hydrogen-bond acceptors (Lipinski definition) is 4. The predicted molar refractivity (Wildman–Crippen MR) is 67.6 cm³/mol. The van der Waals surface area contributed by atoms with E-state index in [0.717, 1.165) is 0 Å². The van der Waals surface area contributed by atoms with Gasteiger partial charge in [-0.3, -0.25) is 4.98 Å². The van der Waals surface area contributed by atoms with Crippen molar-refractivity contribution in [3.05, 3.63) is 45.9 Å². The molecule has 0 unspecified atom stereocenters. The molecule has 0 fully saturated rings. The summed E-state index contributed by atoms with van der Waals surface area (Å²) in [5.41, 5.74) is 3.19. The van der Waals surface area contributed by atoms with Gasteiger partial charge in [0.05, 0.1) is 5.69 Å². The lowest BCUT2D eigenvalue weighted by atomic mass is 10.2. The Bertz CT molecular complexity index is 537. The van der Waals surface area contributed by atoms with Crippen LogP contribution in [0, 0.1) is 6.92 Å². The van der Waals surface area contributed by atoms with Gasteiger partial charge in [0, 0.05) is 18.9 Å². The van der Waals surface area contributed by atoms with E-state index in [0.29, 0.717) is 12.2 Å². The van der Waals surface area contributed by atoms with Crippen LogP contribution in [0.4, 0.5) is 5.69 Å². The Hall–Kier alpha value is -1.88. The van der Waals surface area contributed by atoms with Crippen LogP contribution < -0.4 is 5.32 Å². The number of carboxylic acid groups (broad SMARTS) is 1. The second-order valence-corrected chi connectivity index (χ2v) is 4.40. The highest BCUT2D eigenvalue weighted by molar-refractivity contribution is 7.08. The lowest BCUT2D eigenvalue weighted by Crippen LogP contribution is -2.06. The summed E-state index contributed by atoms with van der Waals surface area (Å²) >= 11 is 1.64. The normalized spacial score (nSPS) is 10.2. The maximum Gasteiger partial charge on any atom is 0.339 e. The maximum absolute atomic E-state index is 11.0. The minimum atomic E-state index is -0.970. The quantitative estimate of drug-likeness (QED) is 0.873. The van der Waals surface area contributed by atoms with Crippen molar-refractivity contribution >= 4 is 23.0 Å². The van der Waals surface area contributed by atoms with Crippen LogP contribution in [0.25, 0.3) is 0 Å². The summed E-state index contributed by atoms with van der Waals surface area (Å²) in [6, 6.07) is 1.67. The fourth-order valence-corrected chi connectivity index (χ4v) is 2.33. The molecule has 0 bridgehead atoms. The smallest absolute Gasteiger partial charge is 0.339 e. The zero-order chi connectivity index (χ0) is 12.3. The fraction of sp³-hybridized carbons (Fsp3) is 0.167. The van der Waals surface area contributed by atoms with Gasteiger partial charge in [-0.25, -0.2) is 4.79 Å². The van der Waals surface area contributed by atoms with Crippen LogP contribution in [0.1, 0.15) is 21.5 Å². The molecule has 4 nitrogen and oxygen atoms in total. The largest absolute Gasteiger partial charge is 0.478 e. The summed E-state index contributed by atoms with van der Waals surface area (Å²) in [5.74, 6) is -0.970. The second kappa shape index (κ2) is 4.97. The number of aryl methyl sites for hydroxylation is 1. The highest BCUT2D eigenvalue weighted by atomic mass is 32.1. The van der Waals surface area contributed by atoms with E-state index in [-0.39, 0.29) is 5.56 Å². The number of anilines is 1. The van der Waals surface area contributed by atoms with E-state index in [9.17, 15) is 4.79 Å². The van der Waals surface area contributed by atoms with Gasteiger partial charge in [-0.05, 0) is 34.9 Å². The number of carboxylic acids is 1. The first-order valence-electron chi connectivity index (χ1n) is 5.11. The SMILES string of the molecule is Cc1cscc1CNc1ccncc1C(=O)O. The number of thiophene rings is 1. The zero-order valence-electron chi connectivity index (χ0n) is 9.30. The number of nitrogens with zero attached hydrogens (tertiary/aromatic N) is 1. The summed E-state index contributed by atoms with van der Waals surface area (Å²) < 4.78 is 0. The molecule has 0 spiro atoms. The minimum Gasteiger partial charge on any atom is -0.478 e. The molecular formula is C12H12N2O2S. The first-order valence-corrected chi connectivity index (χ1v) is 6.05. The first-order chi connectivity index (χ1) is 8.18. The maximum atomic E-state index is 11.0. The molecule has 0 aliphatic heterocycles. The monoisotopic (exact) mass is 248 g/mol. The molecule has 2 aromatic heterocycles. The van der Waals surface area contributed by atoms with Gasteiger partial charge in [-0.15, -0.1) is 0 Å². The number of nitrogens with one attached hydrogen (secondary N) is 1. The van der Waals surface area contributed by atoms with Crippen LogP contribution in [-0.2, 0) is 6.54 Å². The molecule has 0 aromatic carbocycles. The Morgan fingerprint density at radius 3 is 3.00 bits per heavy atom. The third kappa shape index (κ3) is 2.62. The van der Waals surface area contributed by atoms with Gasteiger partial charge in [0.2, 0.25) is 0 Å². The van der Waals surface area contributed by atoms with Crippen LogP contribution in [0.15, 0.2) is 29.2 Å². The van der Waals surface area contributed by atoms with Gasteiger partial charge in [-0.1, -0.05) is 0 Å². The highest BCUT2D eigenvalue weighted by Gasteiger charge is 2.09. The van der Waals surface area contributed by atoms with E-state index in [1.54, 1.807) is 23.6 Å². The van der Waals surface area contributed by atoms with E-state index in [1.165, 1.54) is 17.3 Å². The number of rotatable bonds is 4. The number of aromatic nitrogens is 1. The van der Waals surface area contributed by atoms with Crippen molar-refractivity contribution in [3.63, 3.8) is 0 Å². The second-order valence-electron chi connectivity index (χ2n) is 3.66. The Morgan fingerprint density at radius 2 is 2.35 bits per heavy atom. The molecule has 17 heavy (non-hydrogen) atoms. The Kier molecular flexibility index (Phi) is 3.39. The molecule has 0 atom stereocenters. The molecule has 0 aliphatic carbocycles. The van der Waals surface area contributed by atoms with Crippen LogP contribution in [0.3, 0.4) is 0 Å². The number of pyridine rings is 1. The lowest BCUT2D eigenvalue weighted by Gasteiger charge is -2.08. The molecule has 0 saturated heterocycles. The van der Waals surface area contributed by atoms with Crippen LogP contribution in [0.2, 0.25) is 0 Å². The third-order valence-electron chi connectivity index (χ3n) is 2.48. The summed E-state index contributed by atoms with van der Waals surface area (Å²) in [5, 5.41) is 16.3. The van der Waals surface area contributed by atoms with Gasteiger partial charge in [-0.2, -0.15) is 11.3 Å². The molecule has 0 saturated carbocycles. The molecular weight excluding hydrogens is 236 g/mol. The minimum absolute atomic E-state index is 0.195. The van der Waals surface area contributed by atoms with Crippen molar-refractivity contribution in [2.45, 2.75) is 13.5 Å². The summed E-state index contributed by atoms with van der Waals surface area (Å²) in [4.78, 5) is 14.8. The van der Waals surface area contributed by atoms with E-state index >= 15 is 0 Å². The fourth-order valence-electron chi connectivity index (χ4n) is 1.48. The Morgan fingerprint density at radius 1 is 1.53 bits per heavy atom. The third-order valence-corrected chi connectivity index (χ3v) is 3.39. The summed E-state index contributed by atoms with van der Waals surface area (Å²) in [6.07, 6.45) is 2.93. The lowest BCUT2D eigenvalue weighted by molar-refractivity contribution is 0.0697. The molecule has 88 valence electrons. The van der Waals surface area contributed by atoms with Crippen molar-refractivity contribution in [3.8, 4) is 0 Å². The van der Waals surface area contributed by atoms with Crippen molar-refractivity contribution < 1.29 is 9.90 Å². The Balaban J connectivity index is 2.14. The number of aromatic carboxylic acids is 1. The zero-order valence-corrected chi connectivity index (χ0v) is 10.1. The van der Waals surface area contributed by atoms with E-state index in [1.807, 2.05) is 6.92 Å². The number of carbonyl (C=O) groups is 1. The van der Waals surface area contributed by atoms with Gasteiger partial charge in [0.25, 0.3) is 0 Å². The predicted octanol–water partition coefficient (Wildman–Crippen LogP) is 2.76. The molecule has 0 amide bonds. The molecule has 5 heteroatoms. The van der Waals surface area contributed by atoms with Crippen molar-refractivity contribution in [2.75, 3.05) is 5.32 Å². The van der Waals surface area contributed by atoms with E-state index < -0.39 is 5.97 Å². The summed E-state index contributed by atoms with van der Waals surface area (Å²) in [6.45, 7) is 2.66.